The van der Waals surface area contributed by atoms with Gasteiger partial charge in [0.2, 0.25) is 5.89 Å². The molecule has 0 saturated heterocycles. The average Bonchev–Trinajstić information content (AvgIpc) is 2.94. The van der Waals surface area contributed by atoms with Gasteiger partial charge in [-0.3, -0.25) is 0 Å². The summed E-state index contributed by atoms with van der Waals surface area (Å²) in [5, 5.41) is 8.95. The van der Waals surface area contributed by atoms with Crippen LogP contribution in [0.2, 0.25) is 0 Å². The molecule has 19 heavy (non-hydrogen) atoms. The Morgan fingerprint density at radius 3 is 2.68 bits per heavy atom. The Hall–Kier alpha value is -1.30. The van der Waals surface area contributed by atoms with Crippen LogP contribution in [0.1, 0.15) is 52.3 Å². The Bertz CT molecular complexity index is 539. The molecule has 6 heteroatoms. The van der Waals surface area contributed by atoms with Gasteiger partial charge in [0, 0.05) is 11.5 Å². The third-order valence-electron chi connectivity index (χ3n) is 2.71. The number of rotatable bonds is 4. The van der Waals surface area contributed by atoms with E-state index in [-0.39, 0.29) is 5.41 Å². The van der Waals surface area contributed by atoms with Gasteiger partial charge in [-0.2, -0.15) is 0 Å². The van der Waals surface area contributed by atoms with Gasteiger partial charge in [0.05, 0.1) is 11.9 Å². The van der Waals surface area contributed by atoms with Crippen LogP contribution < -0.4 is 0 Å². The van der Waals surface area contributed by atoms with Crippen molar-refractivity contribution in [2.24, 2.45) is 0 Å². The Balaban J connectivity index is 2.03. The fourth-order valence-corrected chi connectivity index (χ4v) is 2.44. The Morgan fingerprint density at radius 2 is 2.11 bits per heavy atom. The molecule has 104 valence electrons. The van der Waals surface area contributed by atoms with Crippen molar-refractivity contribution in [2.75, 3.05) is 0 Å². The van der Waals surface area contributed by atoms with Crippen LogP contribution in [0.3, 0.4) is 0 Å². The van der Waals surface area contributed by atoms with Gasteiger partial charge in [-0.15, -0.1) is 10.2 Å². The molecule has 0 unspecified atom stereocenters. The zero-order valence-corrected chi connectivity index (χ0v) is 12.9. The Kier molecular flexibility index (Phi) is 3.99. The Labute approximate surface area is 117 Å². The molecule has 0 saturated carbocycles. The first kappa shape index (κ1) is 14.1. The quantitative estimate of drug-likeness (QED) is 0.803. The highest BCUT2D eigenvalue weighted by Crippen LogP contribution is 2.26. The molecule has 0 fully saturated rings. The molecule has 2 rings (SSSR count). The molecule has 0 spiro atoms. The van der Waals surface area contributed by atoms with Gasteiger partial charge in [-0.25, -0.2) is 4.98 Å². The zero-order valence-electron chi connectivity index (χ0n) is 12.0. The lowest BCUT2D eigenvalue weighted by Crippen LogP contribution is -2.09. The summed E-state index contributed by atoms with van der Waals surface area (Å²) in [6.07, 6.45) is 3.56. The third-order valence-corrected chi connectivity index (χ3v) is 3.66. The molecule has 0 atom stereocenters. The first-order chi connectivity index (χ1) is 8.88. The van der Waals surface area contributed by atoms with E-state index in [4.69, 9.17) is 4.42 Å². The molecule has 0 bridgehead atoms. The van der Waals surface area contributed by atoms with Crippen LogP contribution in [0.5, 0.6) is 0 Å². The predicted molar refractivity (Wildman–Crippen MR) is 75.2 cm³/mol. The van der Waals surface area contributed by atoms with Gasteiger partial charge in [-0.1, -0.05) is 32.5 Å². The number of nitrogens with zero attached hydrogens (tertiary/aromatic N) is 4. The smallest absolute Gasteiger partial charge is 0.204 e. The maximum absolute atomic E-state index is 5.76. The van der Waals surface area contributed by atoms with Crippen molar-refractivity contribution in [3.8, 4) is 0 Å². The van der Waals surface area contributed by atoms with Crippen molar-refractivity contribution >= 4 is 11.8 Å². The van der Waals surface area contributed by atoms with Gasteiger partial charge < -0.3 is 8.98 Å². The lowest BCUT2D eigenvalue weighted by molar-refractivity contribution is 0.390. The van der Waals surface area contributed by atoms with Crippen molar-refractivity contribution in [2.45, 2.75) is 57.0 Å². The summed E-state index contributed by atoms with van der Waals surface area (Å²) in [5.74, 6) is 2.31. The lowest BCUT2D eigenvalue weighted by atomic mass is 9.94. The molecule has 0 N–H and O–H groups in total. The van der Waals surface area contributed by atoms with Crippen LogP contribution in [0.4, 0.5) is 0 Å². The highest BCUT2D eigenvalue weighted by molar-refractivity contribution is 7.98. The summed E-state index contributed by atoms with van der Waals surface area (Å²) < 4.78 is 7.80. The van der Waals surface area contributed by atoms with E-state index in [9.17, 15) is 0 Å². The monoisotopic (exact) mass is 280 g/mol. The second-order valence-electron chi connectivity index (χ2n) is 5.77. The molecule has 2 aromatic rings. The second-order valence-corrected chi connectivity index (χ2v) is 6.71. The minimum absolute atomic E-state index is 0.00608. The van der Waals surface area contributed by atoms with Gasteiger partial charge >= 0.3 is 0 Å². The van der Waals surface area contributed by atoms with Crippen molar-refractivity contribution in [1.29, 1.82) is 0 Å². The maximum Gasteiger partial charge on any atom is 0.204 e. The maximum atomic E-state index is 5.76. The van der Waals surface area contributed by atoms with Gasteiger partial charge in [0.1, 0.15) is 12.1 Å². The van der Waals surface area contributed by atoms with E-state index in [1.54, 1.807) is 18.1 Å². The van der Waals surface area contributed by atoms with Gasteiger partial charge in [0.15, 0.2) is 5.16 Å². The number of thioether (sulfide) groups is 1. The average molecular weight is 280 g/mol. The summed E-state index contributed by atoms with van der Waals surface area (Å²) in [6, 6.07) is 0.354. The highest BCUT2D eigenvalue weighted by atomic mass is 32.2. The summed E-state index contributed by atoms with van der Waals surface area (Å²) >= 11 is 1.59. The van der Waals surface area contributed by atoms with Crippen molar-refractivity contribution in [3.05, 3.63) is 24.2 Å². The lowest BCUT2D eigenvalue weighted by Gasteiger charge is -2.13. The molecule has 5 nitrogen and oxygen atoms in total. The normalized spacial score (nSPS) is 12.3. The molecule has 0 aliphatic rings. The molecular weight excluding hydrogens is 260 g/mol. The van der Waals surface area contributed by atoms with E-state index in [2.05, 4.69) is 49.8 Å². The zero-order chi connectivity index (χ0) is 14.0. The molecule has 0 amide bonds. The van der Waals surface area contributed by atoms with Crippen LogP contribution in [0.25, 0.3) is 0 Å². The molecular formula is C13H20N4OS. The summed E-state index contributed by atoms with van der Waals surface area (Å²) in [5.41, 5.74) is -0.00608. The Morgan fingerprint density at radius 1 is 1.37 bits per heavy atom. The number of oxazole rings is 1. The SMILES string of the molecule is CC(C)n1cnnc1SCc1ncc(C(C)(C)C)o1. The number of hydrogen-bond donors (Lipinski definition) is 0. The molecule has 0 aliphatic heterocycles. The highest BCUT2D eigenvalue weighted by Gasteiger charge is 2.19. The molecule has 2 aromatic heterocycles. The standard InChI is InChI=1S/C13H20N4OS/c1-9(2)17-8-15-16-12(17)19-7-11-14-6-10(18-11)13(3,4)5/h6,8-9H,7H2,1-5H3. The summed E-state index contributed by atoms with van der Waals surface area (Å²) in [6.45, 7) is 10.5. The van der Waals surface area contributed by atoms with Gasteiger partial charge in [0.25, 0.3) is 0 Å². The predicted octanol–water partition coefficient (Wildman–Crippen LogP) is 3.44. The number of aromatic nitrogens is 4. The van der Waals surface area contributed by atoms with Crippen molar-refractivity contribution in [1.82, 2.24) is 19.7 Å². The third kappa shape index (κ3) is 3.37. The molecule has 2 heterocycles. The van der Waals surface area contributed by atoms with E-state index in [1.807, 2.05) is 10.8 Å². The number of hydrogen-bond acceptors (Lipinski definition) is 5. The van der Waals surface area contributed by atoms with Gasteiger partial charge in [-0.05, 0) is 13.8 Å². The fraction of sp³-hybridized carbons (Fsp3) is 0.615. The van der Waals surface area contributed by atoms with Crippen molar-refractivity contribution < 1.29 is 4.42 Å². The largest absolute Gasteiger partial charge is 0.444 e. The van der Waals surface area contributed by atoms with Crippen LogP contribution >= 0.6 is 11.8 Å². The van der Waals surface area contributed by atoms with Crippen LogP contribution in [-0.2, 0) is 11.2 Å². The molecule has 0 aromatic carbocycles. The van der Waals surface area contributed by atoms with E-state index in [1.165, 1.54) is 0 Å². The van der Waals surface area contributed by atoms with Crippen LogP contribution in [0.15, 0.2) is 22.1 Å². The fourth-order valence-electron chi connectivity index (χ4n) is 1.54. The minimum Gasteiger partial charge on any atom is -0.444 e. The first-order valence-electron chi connectivity index (χ1n) is 6.35. The summed E-state index contributed by atoms with van der Waals surface area (Å²) in [7, 11) is 0. The van der Waals surface area contributed by atoms with Crippen LogP contribution in [0, 0.1) is 0 Å². The second kappa shape index (κ2) is 5.36. The topological polar surface area (TPSA) is 56.7 Å². The summed E-state index contributed by atoms with van der Waals surface area (Å²) in [4.78, 5) is 4.31. The van der Waals surface area contributed by atoms with E-state index in [0.717, 1.165) is 16.8 Å². The first-order valence-corrected chi connectivity index (χ1v) is 7.34. The van der Waals surface area contributed by atoms with Crippen LogP contribution in [-0.4, -0.2) is 19.7 Å². The molecule has 0 radical (unpaired) electrons. The van der Waals surface area contributed by atoms with Crippen molar-refractivity contribution in [3.63, 3.8) is 0 Å². The van der Waals surface area contributed by atoms with E-state index < -0.39 is 0 Å². The minimum atomic E-state index is -0.00608. The van der Waals surface area contributed by atoms with E-state index >= 15 is 0 Å². The van der Waals surface area contributed by atoms with E-state index in [0.29, 0.717) is 11.8 Å². The molecule has 0 aliphatic carbocycles.